The zero-order valence-corrected chi connectivity index (χ0v) is 18.5. The van der Waals surface area contributed by atoms with Crippen LogP contribution in [0.3, 0.4) is 0 Å². The van der Waals surface area contributed by atoms with Gasteiger partial charge in [-0.1, -0.05) is 0 Å². The fourth-order valence-electron chi connectivity index (χ4n) is 3.83. The maximum atomic E-state index is 15.8. The standard InChI is InChI=1S/C23H17FN8S/c1-32(2)14-7-13(8-25-9-14)19-18(24)17-16(10-27-19)30-31-21(17)23-28-20-15(12-4-6-33-11-12)3-5-26-22(20)29-23/h3-11H,1-2H3,(H,30,31)(H,26,28,29). The van der Waals surface area contributed by atoms with E-state index in [1.54, 1.807) is 36.1 Å². The van der Waals surface area contributed by atoms with Crippen molar-refractivity contribution in [1.29, 1.82) is 0 Å². The second kappa shape index (κ2) is 7.45. The van der Waals surface area contributed by atoms with Gasteiger partial charge in [-0.05, 0) is 34.5 Å². The number of aromatic amines is 2. The first-order chi connectivity index (χ1) is 16.1. The first-order valence-corrected chi connectivity index (χ1v) is 11.1. The van der Waals surface area contributed by atoms with E-state index in [-0.39, 0.29) is 5.69 Å². The number of pyridine rings is 3. The van der Waals surface area contributed by atoms with Crippen LogP contribution in [0.1, 0.15) is 0 Å². The third-order valence-electron chi connectivity index (χ3n) is 5.51. The predicted octanol–water partition coefficient (Wildman–Crippen LogP) is 4.89. The zero-order valence-electron chi connectivity index (χ0n) is 17.7. The molecule has 0 fully saturated rings. The first kappa shape index (κ1) is 19.5. The van der Waals surface area contributed by atoms with Crippen molar-refractivity contribution in [2.24, 2.45) is 0 Å². The van der Waals surface area contributed by atoms with Crippen LogP contribution in [0.2, 0.25) is 0 Å². The van der Waals surface area contributed by atoms with Crippen LogP contribution in [0.15, 0.2) is 53.7 Å². The minimum absolute atomic E-state index is 0.203. The maximum Gasteiger partial charge on any atom is 0.178 e. The van der Waals surface area contributed by atoms with E-state index >= 15 is 4.39 Å². The second-order valence-corrected chi connectivity index (χ2v) is 8.54. The molecule has 162 valence electrons. The Kier molecular flexibility index (Phi) is 4.40. The molecule has 6 rings (SSSR count). The van der Waals surface area contributed by atoms with Gasteiger partial charge in [0, 0.05) is 37.6 Å². The normalized spacial score (nSPS) is 11.5. The highest BCUT2D eigenvalue weighted by Gasteiger charge is 2.21. The molecule has 0 saturated carbocycles. The van der Waals surface area contributed by atoms with E-state index in [0.717, 1.165) is 22.3 Å². The Morgan fingerprint density at radius 2 is 1.94 bits per heavy atom. The molecule has 0 saturated heterocycles. The van der Waals surface area contributed by atoms with Crippen LogP contribution in [0.4, 0.5) is 10.1 Å². The number of nitrogens with one attached hydrogen (secondary N) is 2. The minimum Gasteiger partial charge on any atom is -0.376 e. The van der Waals surface area contributed by atoms with Crippen molar-refractivity contribution in [1.82, 2.24) is 35.1 Å². The maximum absolute atomic E-state index is 15.8. The molecule has 10 heteroatoms. The van der Waals surface area contributed by atoms with Crippen molar-refractivity contribution in [3.8, 4) is 33.9 Å². The molecule has 0 aromatic carbocycles. The van der Waals surface area contributed by atoms with E-state index in [1.165, 1.54) is 0 Å². The number of imidazole rings is 1. The topological polar surface area (TPSA) is 99.3 Å². The van der Waals surface area contributed by atoms with Gasteiger partial charge in [0.1, 0.15) is 11.4 Å². The van der Waals surface area contributed by atoms with Gasteiger partial charge in [0.2, 0.25) is 0 Å². The number of anilines is 1. The van der Waals surface area contributed by atoms with Gasteiger partial charge in [0.15, 0.2) is 17.3 Å². The Hall–Kier alpha value is -4.18. The third kappa shape index (κ3) is 3.14. The molecule has 0 unspecified atom stereocenters. The van der Waals surface area contributed by atoms with Crippen LogP contribution in [0, 0.1) is 5.82 Å². The van der Waals surface area contributed by atoms with Crippen molar-refractivity contribution in [2.45, 2.75) is 0 Å². The van der Waals surface area contributed by atoms with Crippen LogP contribution < -0.4 is 4.90 Å². The van der Waals surface area contributed by atoms with Gasteiger partial charge in [-0.2, -0.15) is 16.4 Å². The number of halogens is 1. The largest absolute Gasteiger partial charge is 0.376 e. The van der Waals surface area contributed by atoms with Gasteiger partial charge in [-0.15, -0.1) is 0 Å². The van der Waals surface area contributed by atoms with Crippen LogP contribution >= 0.6 is 11.3 Å². The molecule has 0 aliphatic heterocycles. The van der Waals surface area contributed by atoms with Crippen LogP contribution in [0.25, 0.3) is 56.0 Å². The lowest BCUT2D eigenvalue weighted by atomic mass is 10.1. The molecule has 0 amide bonds. The average Bonchev–Trinajstić information content (AvgIpc) is 3.58. The van der Waals surface area contributed by atoms with E-state index in [2.05, 4.69) is 40.5 Å². The Bertz CT molecular complexity index is 1620. The Morgan fingerprint density at radius 1 is 1.03 bits per heavy atom. The van der Waals surface area contributed by atoms with Crippen LogP contribution in [-0.4, -0.2) is 49.2 Å². The highest BCUT2D eigenvalue weighted by Crippen LogP contribution is 2.34. The van der Waals surface area contributed by atoms with Gasteiger partial charge in [0.25, 0.3) is 0 Å². The van der Waals surface area contributed by atoms with Crippen molar-refractivity contribution >= 4 is 39.1 Å². The van der Waals surface area contributed by atoms with E-state index in [9.17, 15) is 0 Å². The molecule has 0 aliphatic rings. The van der Waals surface area contributed by atoms with Crippen molar-refractivity contribution in [3.63, 3.8) is 0 Å². The van der Waals surface area contributed by atoms with E-state index < -0.39 is 5.82 Å². The minimum atomic E-state index is -0.486. The predicted molar refractivity (Wildman–Crippen MR) is 128 cm³/mol. The molecule has 0 bridgehead atoms. The van der Waals surface area contributed by atoms with Crippen molar-refractivity contribution in [3.05, 3.63) is 59.6 Å². The van der Waals surface area contributed by atoms with Gasteiger partial charge < -0.3 is 9.88 Å². The smallest absolute Gasteiger partial charge is 0.178 e. The Balaban J connectivity index is 1.53. The SMILES string of the molecule is CN(C)c1cncc(-c2ncc3[nH]nc(-c4nc5nccc(-c6ccsc6)c5[nH]4)c3c2F)c1. The van der Waals surface area contributed by atoms with E-state index in [1.807, 2.05) is 42.6 Å². The number of H-pyrrole nitrogens is 2. The fourth-order valence-corrected chi connectivity index (χ4v) is 4.49. The summed E-state index contributed by atoms with van der Waals surface area (Å²) in [5.41, 5.74) is 5.86. The average molecular weight is 457 g/mol. The molecule has 0 aliphatic carbocycles. The quantitative estimate of drug-likeness (QED) is 0.392. The number of hydrogen-bond acceptors (Lipinski definition) is 7. The number of fused-ring (bicyclic) bond motifs is 2. The lowest BCUT2D eigenvalue weighted by Gasteiger charge is -2.13. The highest BCUT2D eigenvalue weighted by atomic mass is 32.1. The molecule has 2 N–H and O–H groups in total. The summed E-state index contributed by atoms with van der Waals surface area (Å²) in [5, 5.41) is 11.6. The summed E-state index contributed by atoms with van der Waals surface area (Å²) in [5.74, 6) is -0.0527. The number of aromatic nitrogens is 7. The summed E-state index contributed by atoms with van der Waals surface area (Å²) in [4.78, 5) is 22.8. The van der Waals surface area contributed by atoms with Crippen LogP contribution in [-0.2, 0) is 0 Å². The van der Waals surface area contributed by atoms with Crippen molar-refractivity contribution in [2.75, 3.05) is 19.0 Å². The van der Waals surface area contributed by atoms with Gasteiger partial charge in [0.05, 0.1) is 34.5 Å². The Morgan fingerprint density at radius 3 is 2.76 bits per heavy atom. The van der Waals surface area contributed by atoms with Crippen molar-refractivity contribution < 1.29 is 4.39 Å². The summed E-state index contributed by atoms with van der Waals surface area (Å²) >= 11 is 1.62. The molecule has 6 heterocycles. The molecule has 6 aromatic heterocycles. The third-order valence-corrected chi connectivity index (χ3v) is 6.19. The Labute approximate surface area is 191 Å². The summed E-state index contributed by atoms with van der Waals surface area (Å²) in [6.45, 7) is 0. The van der Waals surface area contributed by atoms with Gasteiger partial charge in [-0.25, -0.2) is 14.4 Å². The monoisotopic (exact) mass is 456 g/mol. The molecule has 33 heavy (non-hydrogen) atoms. The van der Waals surface area contributed by atoms with Gasteiger partial charge >= 0.3 is 0 Å². The van der Waals surface area contributed by atoms with E-state index in [0.29, 0.717) is 33.6 Å². The first-order valence-electron chi connectivity index (χ1n) is 10.1. The number of hydrogen-bond donors (Lipinski definition) is 2. The molecule has 0 spiro atoms. The zero-order chi connectivity index (χ0) is 22.5. The number of rotatable bonds is 4. The summed E-state index contributed by atoms with van der Waals surface area (Å²) < 4.78 is 15.8. The molecular weight excluding hydrogens is 439 g/mol. The molecule has 0 radical (unpaired) electrons. The van der Waals surface area contributed by atoms with E-state index in [4.69, 9.17) is 0 Å². The molecule has 8 nitrogen and oxygen atoms in total. The van der Waals surface area contributed by atoms with Gasteiger partial charge in [-0.3, -0.25) is 15.1 Å². The summed E-state index contributed by atoms with van der Waals surface area (Å²) in [6, 6.07) is 5.82. The highest BCUT2D eigenvalue weighted by molar-refractivity contribution is 7.08. The molecular formula is C23H17FN8S. The van der Waals surface area contributed by atoms with Crippen LogP contribution in [0.5, 0.6) is 0 Å². The lowest BCUT2D eigenvalue weighted by molar-refractivity contribution is 0.638. The molecule has 6 aromatic rings. The fraction of sp³-hybridized carbons (Fsp3) is 0.0870. The number of thiophene rings is 1. The number of nitrogens with zero attached hydrogens (tertiary/aromatic N) is 6. The second-order valence-electron chi connectivity index (χ2n) is 7.76. The lowest BCUT2D eigenvalue weighted by Crippen LogP contribution is -2.09. The summed E-state index contributed by atoms with van der Waals surface area (Å²) in [6.07, 6.45) is 6.61. The summed E-state index contributed by atoms with van der Waals surface area (Å²) in [7, 11) is 3.81. The molecule has 0 atom stereocenters.